The van der Waals surface area contributed by atoms with Crippen molar-refractivity contribution in [2.45, 2.75) is 6.42 Å². The van der Waals surface area contributed by atoms with E-state index in [2.05, 4.69) is 163 Å². The molecule has 2 aromatic heterocycles. The zero-order valence-electron chi connectivity index (χ0n) is 28.5. The molecule has 0 aliphatic heterocycles. The average Bonchev–Trinajstić information content (AvgIpc) is 3.65. The summed E-state index contributed by atoms with van der Waals surface area (Å²) < 4.78 is 6.64. The molecule has 52 heavy (non-hydrogen) atoms. The van der Waals surface area contributed by atoms with Gasteiger partial charge in [-0.1, -0.05) is 140 Å². The first-order valence-corrected chi connectivity index (χ1v) is 17.6. The normalized spacial score (nSPS) is 12.2. The Bertz CT molecular complexity index is 2870. The molecule has 0 N–H and O–H groups in total. The van der Waals surface area contributed by atoms with Crippen molar-refractivity contribution in [3.8, 4) is 44.8 Å². The van der Waals surface area contributed by atoms with E-state index in [1.54, 1.807) is 6.20 Å². The number of benzene rings is 7. The third-order valence-electron chi connectivity index (χ3n) is 9.82. The van der Waals surface area contributed by atoms with Gasteiger partial charge in [-0.05, 0) is 108 Å². The van der Waals surface area contributed by atoms with Crippen LogP contribution in [0.25, 0.3) is 89.6 Å². The summed E-state index contributed by atoms with van der Waals surface area (Å²) in [6.45, 7) is 3.86. The lowest BCUT2D eigenvalue weighted by Gasteiger charge is -2.13. The molecule has 9 rings (SSSR count). The highest BCUT2D eigenvalue weighted by Gasteiger charge is 2.18. The molecular formula is C49H34N2O. The molecule has 0 fully saturated rings. The number of allylic oxidation sites excluding steroid dienone is 1. The van der Waals surface area contributed by atoms with Crippen LogP contribution < -0.4 is 10.4 Å². The highest BCUT2D eigenvalue weighted by atomic mass is 16.3. The Labute approximate surface area is 302 Å². The molecule has 3 heteroatoms. The molecule has 0 spiro atoms. The van der Waals surface area contributed by atoms with Gasteiger partial charge in [-0.3, -0.25) is 4.98 Å². The lowest BCUT2D eigenvalue weighted by atomic mass is 9.91. The first kappa shape index (κ1) is 31.2. The van der Waals surface area contributed by atoms with Gasteiger partial charge >= 0.3 is 0 Å². The van der Waals surface area contributed by atoms with Gasteiger partial charge in [-0.2, -0.15) is 0 Å². The molecule has 0 bridgehead atoms. The summed E-state index contributed by atoms with van der Waals surface area (Å²) in [7, 11) is 0. The number of fused-ring (bicyclic) bond motifs is 4. The summed E-state index contributed by atoms with van der Waals surface area (Å²) >= 11 is 0. The van der Waals surface area contributed by atoms with Gasteiger partial charge in [0.1, 0.15) is 5.52 Å². The maximum atomic E-state index is 6.64. The zero-order valence-corrected chi connectivity index (χ0v) is 28.5. The standard InChI is InChI=1S/C49H34N2O/c1-2-10-34-11-3-4-12-35(34)21-18-33-19-22-38(23-20-33)49-51-48-46(37-26-24-36(25-27-37)40-14-9-28-50-32-40)30-41(31-47(48)52-49)45-29-39-13-5-6-15-42(39)43-16-7-8-17-44(43)45/h2-17,19-32H,1,18H2/b34-10-,35-21-. The molecule has 3 nitrogen and oxygen atoms in total. The molecule has 0 atom stereocenters. The van der Waals surface area contributed by atoms with Crippen LogP contribution in [0.4, 0.5) is 0 Å². The van der Waals surface area contributed by atoms with Crippen molar-refractivity contribution in [3.63, 3.8) is 0 Å². The van der Waals surface area contributed by atoms with Gasteiger partial charge in [0.15, 0.2) is 5.58 Å². The Morgan fingerprint density at radius 1 is 0.558 bits per heavy atom. The van der Waals surface area contributed by atoms with Crippen molar-refractivity contribution in [1.29, 1.82) is 0 Å². The molecule has 0 saturated heterocycles. The molecule has 2 heterocycles. The predicted molar refractivity (Wildman–Crippen MR) is 217 cm³/mol. The van der Waals surface area contributed by atoms with E-state index in [1.807, 2.05) is 24.4 Å². The average molecular weight is 667 g/mol. The quantitative estimate of drug-likeness (QED) is 0.159. The van der Waals surface area contributed by atoms with Gasteiger partial charge in [0.05, 0.1) is 0 Å². The molecule has 0 saturated carbocycles. The maximum Gasteiger partial charge on any atom is 0.227 e. The van der Waals surface area contributed by atoms with Crippen molar-refractivity contribution in [3.05, 3.63) is 193 Å². The van der Waals surface area contributed by atoms with Crippen LogP contribution in [0.2, 0.25) is 0 Å². The van der Waals surface area contributed by atoms with Gasteiger partial charge in [0.25, 0.3) is 0 Å². The third kappa shape index (κ3) is 5.89. The number of rotatable bonds is 7. The van der Waals surface area contributed by atoms with Gasteiger partial charge in [0, 0.05) is 23.5 Å². The number of aromatic nitrogens is 2. The monoisotopic (exact) mass is 666 g/mol. The zero-order chi connectivity index (χ0) is 34.9. The Morgan fingerprint density at radius 3 is 2.06 bits per heavy atom. The first-order valence-electron chi connectivity index (χ1n) is 17.6. The molecule has 0 unspecified atom stereocenters. The fourth-order valence-electron chi connectivity index (χ4n) is 7.18. The lowest BCUT2D eigenvalue weighted by molar-refractivity contribution is 0.620. The number of hydrogen-bond donors (Lipinski definition) is 0. The molecule has 0 radical (unpaired) electrons. The van der Waals surface area contributed by atoms with E-state index in [-0.39, 0.29) is 0 Å². The minimum absolute atomic E-state index is 0.602. The van der Waals surface area contributed by atoms with Crippen LogP contribution in [-0.2, 0) is 6.42 Å². The predicted octanol–water partition coefficient (Wildman–Crippen LogP) is 11.2. The minimum Gasteiger partial charge on any atom is -0.436 e. The van der Waals surface area contributed by atoms with Crippen molar-refractivity contribution in [2.24, 2.45) is 0 Å². The van der Waals surface area contributed by atoms with Crippen molar-refractivity contribution >= 4 is 44.8 Å². The second-order valence-corrected chi connectivity index (χ2v) is 13.0. The lowest BCUT2D eigenvalue weighted by Crippen LogP contribution is -2.23. The van der Waals surface area contributed by atoms with E-state index < -0.39 is 0 Å². The summed E-state index contributed by atoms with van der Waals surface area (Å²) in [5.41, 5.74) is 10.3. The fraction of sp³-hybridized carbons (Fsp3) is 0.0204. The molecule has 9 aromatic rings. The Hall–Kier alpha value is -6.84. The van der Waals surface area contributed by atoms with Crippen LogP contribution in [0, 0.1) is 0 Å². The van der Waals surface area contributed by atoms with E-state index in [4.69, 9.17) is 9.40 Å². The smallest absolute Gasteiger partial charge is 0.227 e. The van der Waals surface area contributed by atoms with E-state index in [0.29, 0.717) is 5.89 Å². The van der Waals surface area contributed by atoms with Crippen molar-refractivity contribution < 1.29 is 4.42 Å². The van der Waals surface area contributed by atoms with Crippen LogP contribution in [-0.4, -0.2) is 9.97 Å². The van der Waals surface area contributed by atoms with E-state index in [9.17, 15) is 0 Å². The molecule has 0 aliphatic rings. The second-order valence-electron chi connectivity index (χ2n) is 13.0. The molecule has 0 aliphatic carbocycles. The number of pyridine rings is 1. The van der Waals surface area contributed by atoms with E-state index in [1.165, 1.54) is 37.5 Å². The van der Waals surface area contributed by atoms with Crippen LogP contribution in [0.15, 0.2) is 181 Å². The molecule has 246 valence electrons. The SMILES string of the molecule is C=C/C=c1/cccc/c1=C/Cc1ccc(-c2nc3c(-c4ccc(-c5cccnc5)cc4)cc(-c4cc5ccccc5c5ccccc45)cc3o2)cc1. The van der Waals surface area contributed by atoms with Crippen LogP contribution in [0.1, 0.15) is 5.56 Å². The Morgan fingerprint density at radius 2 is 1.27 bits per heavy atom. The van der Waals surface area contributed by atoms with Crippen LogP contribution in [0.5, 0.6) is 0 Å². The van der Waals surface area contributed by atoms with Crippen molar-refractivity contribution in [1.82, 2.24) is 9.97 Å². The largest absolute Gasteiger partial charge is 0.436 e. The number of hydrogen-bond acceptors (Lipinski definition) is 3. The minimum atomic E-state index is 0.602. The highest BCUT2D eigenvalue weighted by molar-refractivity contribution is 6.14. The number of oxazole rings is 1. The summed E-state index contributed by atoms with van der Waals surface area (Å²) in [5.74, 6) is 0.602. The van der Waals surface area contributed by atoms with Crippen LogP contribution >= 0.6 is 0 Å². The topological polar surface area (TPSA) is 38.9 Å². The maximum absolute atomic E-state index is 6.64. The third-order valence-corrected chi connectivity index (χ3v) is 9.82. The van der Waals surface area contributed by atoms with Gasteiger partial charge in [-0.15, -0.1) is 0 Å². The summed E-state index contributed by atoms with van der Waals surface area (Å²) in [4.78, 5) is 9.46. The van der Waals surface area contributed by atoms with Gasteiger partial charge in [-0.25, -0.2) is 4.98 Å². The van der Waals surface area contributed by atoms with E-state index >= 15 is 0 Å². The highest BCUT2D eigenvalue weighted by Crippen LogP contribution is 2.40. The summed E-state index contributed by atoms with van der Waals surface area (Å²) in [6.07, 6.45) is 10.6. The Kier molecular flexibility index (Phi) is 8.07. The summed E-state index contributed by atoms with van der Waals surface area (Å²) in [5, 5.41) is 7.25. The second kappa shape index (κ2) is 13.5. The fourth-order valence-corrected chi connectivity index (χ4v) is 7.18. The van der Waals surface area contributed by atoms with Crippen molar-refractivity contribution in [2.75, 3.05) is 0 Å². The summed E-state index contributed by atoms with van der Waals surface area (Å²) in [6, 6.07) is 53.6. The van der Waals surface area contributed by atoms with Crippen LogP contribution in [0.3, 0.4) is 0 Å². The van der Waals surface area contributed by atoms with Gasteiger partial charge in [0.2, 0.25) is 5.89 Å². The van der Waals surface area contributed by atoms with Gasteiger partial charge < -0.3 is 4.42 Å². The first-order chi connectivity index (χ1) is 25.7. The molecular weight excluding hydrogens is 633 g/mol. The number of nitrogens with zero attached hydrogens (tertiary/aromatic N) is 2. The van der Waals surface area contributed by atoms with E-state index in [0.717, 1.165) is 56.5 Å². The molecule has 0 amide bonds. The molecule has 7 aromatic carbocycles. The Balaban J connectivity index is 1.16.